The molecule has 0 saturated heterocycles. The quantitative estimate of drug-likeness (QED) is 0.314. The Morgan fingerprint density at radius 1 is 0.909 bits per heavy atom. The molecule has 4 atom stereocenters. The van der Waals surface area contributed by atoms with Gasteiger partial charge in [-0.2, -0.15) is 0 Å². The van der Waals surface area contributed by atoms with Gasteiger partial charge in [0.2, 0.25) is 0 Å². The second-order valence-corrected chi connectivity index (χ2v) is 11.3. The van der Waals surface area contributed by atoms with Crippen LogP contribution < -0.4 is 4.74 Å². The lowest BCUT2D eigenvalue weighted by Crippen LogP contribution is -2.37. The predicted molar refractivity (Wildman–Crippen MR) is 136 cm³/mol. The second-order valence-electron chi connectivity index (χ2n) is 11.3. The van der Waals surface area contributed by atoms with Crippen LogP contribution in [-0.2, 0) is 11.2 Å². The van der Waals surface area contributed by atoms with Crippen LogP contribution in [-0.4, -0.2) is 21.8 Å². The third-order valence-electron chi connectivity index (χ3n) is 8.14. The van der Waals surface area contributed by atoms with E-state index in [1.807, 2.05) is 13.8 Å². The minimum Gasteiger partial charge on any atom is -0.507 e. The van der Waals surface area contributed by atoms with Crippen molar-refractivity contribution in [3.63, 3.8) is 0 Å². The summed E-state index contributed by atoms with van der Waals surface area (Å²) in [6.45, 7) is 14.8. The summed E-state index contributed by atoms with van der Waals surface area (Å²) in [5.74, 6) is 1.96. The molecule has 2 N–H and O–H groups in total. The van der Waals surface area contributed by atoms with E-state index in [1.54, 1.807) is 6.92 Å². The molecule has 4 nitrogen and oxygen atoms in total. The lowest BCUT2D eigenvalue weighted by atomic mass is 9.84. The first-order chi connectivity index (χ1) is 15.4. The largest absolute Gasteiger partial charge is 0.507 e. The highest BCUT2D eigenvalue weighted by atomic mass is 16.5. The zero-order chi connectivity index (χ0) is 24.8. The van der Waals surface area contributed by atoms with Crippen LogP contribution in [0.1, 0.15) is 114 Å². The molecule has 0 aliphatic carbocycles. The highest BCUT2D eigenvalue weighted by Crippen LogP contribution is 2.44. The van der Waals surface area contributed by atoms with Crippen LogP contribution in [0.3, 0.4) is 0 Å². The van der Waals surface area contributed by atoms with Gasteiger partial charge in [-0.1, -0.05) is 59.3 Å². The van der Waals surface area contributed by atoms with Gasteiger partial charge in [-0.3, -0.25) is 4.79 Å². The average molecular weight is 461 g/mol. The number of aliphatic carboxylic acids is 1. The third-order valence-corrected chi connectivity index (χ3v) is 8.14. The predicted octanol–water partition coefficient (Wildman–Crippen LogP) is 7.90. The molecule has 4 heteroatoms. The molecule has 0 spiro atoms. The lowest BCUT2D eigenvalue weighted by molar-refractivity contribution is -0.141. The molecular formula is C29H48O4. The van der Waals surface area contributed by atoms with E-state index >= 15 is 0 Å². The summed E-state index contributed by atoms with van der Waals surface area (Å²) in [5.41, 5.74) is 4.07. The maximum atomic E-state index is 10.9. The number of hydrogen-bond acceptors (Lipinski definition) is 3. The first-order valence-electron chi connectivity index (χ1n) is 13.2. The van der Waals surface area contributed by atoms with Gasteiger partial charge in [0.05, 0.1) is 5.92 Å². The standard InChI is InChI=1S/C29H48O4/c1-19(13-9-15-21(3)28(31)32)11-8-12-20(2)14-10-17-29(7)18-16-25-24(6)26(30)22(4)23(5)27(25)33-29/h19-21,30H,8-18H2,1-7H3,(H,31,32)/t19?,20?,21?,29-/m1/s1. The monoisotopic (exact) mass is 460 g/mol. The number of phenols is 1. The van der Waals surface area contributed by atoms with Gasteiger partial charge in [-0.05, 0) is 88.3 Å². The molecule has 1 aliphatic rings. The minimum absolute atomic E-state index is 0.116. The normalized spacial score (nSPS) is 20.6. The number of carboxylic acids is 1. The molecule has 0 radical (unpaired) electrons. The van der Waals surface area contributed by atoms with Crippen LogP contribution in [0.4, 0.5) is 0 Å². The van der Waals surface area contributed by atoms with Crippen LogP contribution in [0.5, 0.6) is 11.5 Å². The third kappa shape index (κ3) is 7.65. The lowest BCUT2D eigenvalue weighted by Gasteiger charge is -2.38. The van der Waals surface area contributed by atoms with Crippen molar-refractivity contribution in [2.75, 3.05) is 0 Å². The van der Waals surface area contributed by atoms with E-state index in [2.05, 4.69) is 27.7 Å². The molecule has 1 heterocycles. The van der Waals surface area contributed by atoms with Crippen molar-refractivity contribution in [2.45, 2.75) is 125 Å². The number of carboxylic acid groups (broad SMARTS) is 1. The van der Waals surface area contributed by atoms with Crippen molar-refractivity contribution in [2.24, 2.45) is 17.8 Å². The van der Waals surface area contributed by atoms with Crippen LogP contribution in [0, 0.1) is 38.5 Å². The topological polar surface area (TPSA) is 66.8 Å². The Morgan fingerprint density at radius 2 is 1.45 bits per heavy atom. The fourth-order valence-corrected chi connectivity index (χ4v) is 5.29. The van der Waals surface area contributed by atoms with Crippen LogP contribution >= 0.6 is 0 Å². The fraction of sp³-hybridized carbons (Fsp3) is 0.759. The van der Waals surface area contributed by atoms with E-state index in [0.717, 1.165) is 66.9 Å². The number of rotatable bonds is 13. The van der Waals surface area contributed by atoms with Gasteiger partial charge in [-0.25, -0.2) is 0 Å². The van der Waals surface area contributed by atoms with Gasteiger partial charge in [0.1, 0.15) is 17.1 Å². The van der Waals surface area contributed by atoms with Crippen molar-refractivity contribution < 1.29 is 19.7 Å². The molecule has 33 heavy (non-hydrogen) atoms. The van der Waals surface area contributed by atoms with Crippen LogP contribution in [0.25, 0.3) is 0 Å². The average Bonchev–Trinajstić information content (AvgIpc) is 2.76. The molecule has 1 aliphatic heterocycles. The summed E-state index contributed by atoms with van der Waals surface area (Å²) in [7, 11) is 0. The summed E-state index contributed by atoms with van der Waals surface area (Å²) in [5, 5.41) is 19.4. The van der Waals surface area contributed by atoms with E-state index in [4.69, 9.17) is 9.84 Å². The van der Waals surface area contributed by atoms with E-state index in [9.17, 15) is 9.90 Å². The molecule has 0 aromatic heterocycles. The van der Waals surface area contributed by atoms with E-state index in [1.165, 1.54) is 37.7 Å². The smallest absolute Gasteiger partial charge is 0.306 e. The molecule has 0 amide bonds. The molecule has 1 aromatic carbocycles. The molecule has 0 fully saturated rings. The summed E-state index contributed by atoms with van der Waals surface area (Å²) in [4.78, 5) is 10.9. The van der Waals surface area contributed by atoms with Crippen LogP contribution in [0.15, 0.2) is 0 Å². The Morgan fingerprint density at radius 3 is 2.03 bits per heavy atom. The molecule has 1 aromatic rings. The molecular weight excluding hydrogens is 412 g/mol. The number of ether oxygens (including phenoxy) is 1. The molecule has 0 saturated carbocycles. The van der Waals surface area contributed by atoms with Gasteiger partial charge in [0.15, 0.2) is 0 Å². The highest BCUT2D eigenvalue weighted by molar-refractivity contribution is 5.69. The van der Waals surface area contributed by atoms with Gasteiger partial charge in [-0.15, -0.1) is 0 Å². The maximum Gasteiger partial charge on any atom is 0.306 e. The zero-order valence-corrected chi connectivity index (χ0v) is 22.2. The summed E-state index contributed by atoms with van der Waals surface area (Å²) in [6, 6.07) is 0. The summed E-state index contributed by atoms with van der Waals surface area (Å²) >= 11 is 0. The molecule has 188 valence electrons. The number of aromatic hydroxyl groups is 1. The van der Waals surface area contributed by atoms with Crippen LogP contribution in [0.2, 0.25) is 0 Å². The Kier molecular flexibility index (Phi) is 10.1. The van der Waals surface area contributed by atoms with Crippen molar-refractivity contribution in [3.05, 3.63) is 22.3 Å². The van der Waals surface area contributed by atoms with Crippen molar-refractivity contribution in [1.29, 1.82) is 0 Å². The number of phenolic OH excluding ortho intramolecular Hbond substituents is 1. The highest BCUT2D eigenvalue weighted by Gasteiger charge is 2.34. The summed E-state index contributed by atoms with van der Waals surface area (Å²) in [6.07, 6.45) is 12.2. The minimum atomic E-state index is -0.673. The van der Waals surface area contributed by atoms with Gasteiger partial charge in [0.25, 0.3) is 0 Å². The van der Waals surface area contributed by atoms with E-state index < -0.39 is 5.97 Å². The molecule has 3 unspecified atom stereocenters. The van der Waals surface area contributed by atoms with Crippen molar-refractivity contribution in [1.82, 2.24) is 0 Å². The number of benzene rings is 1. The summed E-state index contributed by atoms with van der Waals surface area (Å²) < 4.78 is 6.58. The Bertz CT molecular complexity index is 800. The fourth-order valence-electron chi connectivity index (χ4n) is 5.29. The molecule has 0 bridgehead atoms. The Balaban J connectivity index is 1.70. The van der Waals surface area contributed by atoms with E-state index in [0.29, 0.717) is 11.7 Å². The van der Waals surface area contributed by atoms with Crippen molar-refractivity contribution >= 4 is 5.97 Å². The SMILES string of the molecule is Cc1c(C)c2c(c(C)c1O)CC[C@@](C)(CCCC(C)CCCC(C)CCCC(C)C(=O)O)O2. The number of hydrogen-bond donors (Lipinski definition) is 2. The first-order valence-corrected chi connectivity index (χ1v) is 13.2. The number of fused-ring (bicyclic) bond motifs is 1. The zero-order valence-electron chi connectivity index (χ0n) is 22.2. The Labute approximate surface area is 202 Å². The Hall–Kier alpha value is -1.71. The first kappa shape index (κ1) is 27.5. The second kappa shape index (κ2) is 12.1. The number of carbonyl (C=O) groups is 1. The van der Waals surface area contributed by atoms with Gasteiger partial charge >= 0.3 is 5.97 Å². The van der Waals surface area contributed by atoms with Crippen molar-refractivity contribution in [3.8, 4) is 11.5 Å². The van der Waals surface area contributed by atoms with E-state index in [-0.39, 0.29) is 11.5 Å². The van der Waals surface area contributed by atoms with Gasteiger partial charge in [0, 0.05) is 5.56 Å². The maximum absolute atomic E-state index is 10.9. The van der Waals surface area contributed by atoms with Gasteiger partial charge < -0.3 is 14.9 Å². The molecule has 2 rings (SSSR count).